The van der Waals surface area contributed by atoms with E-state index in [-0.39, 0.29) is 6.04 Å². The number of likely N-dealkylation sites (tertiary alicyclic amines) is 1. The molecule has 4 rings (SSSR count). The van der Waals surface area contributed by atoms with E-state index in [1.807, 2.05) is 0 Å². The van der Waals surface area contributed by atoms with Gasteiger partial charge >= 0.3 is 6.18 Å². The highest BCUT2D eigenvalue weighted by Gasteiger charge is 2.31. The summed E-state index contributed by atoms with van der Waals surface area (Å²) in [5, 5.41) is 12.0. The van der Waals surface area contributed by atoms with Crippen molar-refractivity contribution < 1.29 is 17.9 Å². The minimum Gasteiger partial charge on any atom is -0.489 e. The molecule has 0 spiro atoms. The SMILES string of the molecule is CN1CCC[C@@H](Nc2nnc(-c3ccc(C(F)(F)F)cc3)c3c2OCC3)C1. The Bertz CT molecular complexity index is 823. The lowest BCUT2D eigenvalue weighted by Crippen LogP contribution is -2.40. The number of halogens is 3. The van der Waals surface area contributed by atoms with Gasteiger partial charge in [0.1, 0.15) is 5.69 Å². The topological polar surface area (TPSA) is 50.3 Å². The van der Waals surface area contributed by atoms with Crippen molar-refractivity contribution in [3.63, 3.8) is 0 Å². The Labute approximate surface area is 155 Å². The number of anilines is 1. The Morgan fingerprint density at radius 1 is 1.19 bits per heavy atom. The largest absolute Gasteiger partial charge is 0.489 e. The van der Waals surface area contributed by atoms with Crippen LogP contribution in [0.4, 0.5) is 19.0 Å². The predicted octanol–water partition coefficient (Wildman–Crippen LogP) is 3.60. The number of likely N-dealkylation sites (N-methyl/N-ethyl adjacent to an activating group) is 1. The molecule has 2 aromatic rings. The summed E-state index contributed by atoms with van der Waals surface area (Å²) in [4.78, 5) is 2.27. The Morgan fingerprint density at radius 3 is 2.67 bits per heavy atom. The smallest absolute Gasteiger partial charge is 0.416 e. The highest BCUT2D eigenvalue weighted by molar-refractivity contribution is 5.71. The molecule has 0 radical (unpaired) electrons. The van der Waals surface area contributed by atoms with E-state index >= 15 is 0 Å². The van der Waals surface area contributed by atoms with Gasteiger partial charge in [-0.1, -0.05) is 12.1 Å². The number of ether oxygens (including phenoxy) is 1. The van der Waals surface area contributed by atoms with Gasteiger partial charge in [0.15, 0.2) is 11.6 Å². The van der Waals surface area contributed by atoms with E-state index in [2.05, 4.69) is 27.5 Å². The number of nitrogens with zero attached hydrogens (tertiary/aromatic N) is 3. The fourth-order valence-corrected chi connectivity index (χ4v) is 3.72. The Morgan fingerprint density at radius 2 is 1.96 bits per heavy atom. The summed E-state index contributed by atoms with van der Waals surface area (Å²) in [5.41, 5.74) is 1.42. The first-order valence-electron chi connectivity index (χ1n) is 9.07. The molecule has 1 aromatic carbocycles. The van der Waals surface area contributed by atoms with E-state index in [0.29, 0.717) is 35.9 Å². The number of aromatic nitrogens is 2. The van der Waals surface area contributed by atoms with Crippen LogP contribution in [0.1, 0.15) is 24.0 Å². The maximum atomic E-state index is 12.8. The van der Waals surface area contributed by atoms with Crippen molar-refractivity contribution in [1.82, 2.24) is 15.1 Å². The molecule has 1 atom stereocenters. The summed E-state index contributed by atoms with van der Waals surface area (Å²) in [7, 11) is 2.09. The summed E-state index contributed by atoms with van der Waals surface area (Å²) in [6, 6.07) is 5.30. The molecule has 2 aliphatic rings. The van der Waals surface area contributed by atoms with Crippen LogP contribution in [-0.2, 0) is 12.6 Å². The zero-order chi connectivity index (χ0) is 19.0. The van der Waals surface area contributed by atoms with Gasteiger partial charge in [-0.25, -0.2) is 0 Å². The number of piperidine rings is 1. The molecule has 1 fully saturated rings. The summed E-state index contributed by atoms with van der Waals surface area (Å²) >= 11 is 0. The van der Waals surface area contributed by atoms with E-state index in [9.17, 15) is 13.2 Å². The van der Waals surface area contributed by atoms with Crippen molar-refractivity contribution in [2.45, 2.75) is 31.5 Å². The number of fused-ring (bicyclic) bond motifs is 1. The Balaban J connectivity index is 1.61. The Kier molecular flexibility index (Phi) is 4.67. The van der Waals surface area contributed by atoms with Crippen molar-refractivity contribution in [2.75, 3.05) is 32.1 Å². The van der Waals surface area contributed by atoms with Gasteiger partial charge < -0.3 is 15.0 Å². The molecule has 1 aromatic heterocycles. The number of nitrogens with one attached hydrogen (secondary N) is 1. The molecular weight excluding hydrogens is 357 g/mol. The van der Waals surface area contributed by atoms with E-state index < -0.39 is 11.7 Å². The molecule has 8 heteroatoms. The van der Waals surface area contributed by atoms with Gasteiger partial charge in [-0.2, -0.15) is 13.2 Å². The second-order valence-corrected chi connectivity index (χ2v) is 7.12. The lowest BCUT2D eigenvalue weighted by Gasteiger charge is -2.30. The molecule has 0 unspecified atom stereocenters. The quantitative estimate of drug-likeness (QED) is 0.884. The van der Waals surface area contributed by atoms with Gasteiger partial charge in [-0.3, -0.25) is 0 Å². The van der Waals surface area contributed by atoms with Crippen molar-refractivity contribution in [2.24, 2.45) is 0 Å². The monoisotopic (exact) mass is 378 g/mol. The molecule has 3 heterocycles. The lowest BCUT2D eigenvalue weighted by molar-refractivity contribution is -0.137. The first kappa shape index (κ1) is 18.0. The summed E-state index contributed by atoms with van der Waals surface area (Å²) in [5.74, 6) is 1.30. The Hall–Kier alpha value is -2.35. The van der Waals surface area contributed by atoms with Crippen LogP contribution in [0.2, 0.25) is 0 Å². The van der Waals surface area contributed by atoms with Crippen LogP contribution in [0.25, 0.3) is 11.3 Å². The molecule has 5 nitrogen and oxygen atoms in total. The maximum absolute atomic E-state index is 12.8. The van der Waals surface area contributed by atoms with E-state index in [0.717, 1.165) is 43.6 Å². The van der Waals surface area contributed by atoms with Gasteiger partial charge in [0.05, 0.1) is 12.2 Å². The van der Waals surface area contributed by atoms with Gasteiger partial charge in [0.25, 0.3) is 0 Å². The molecule has 2 aliphatic heterocycles. The molecule has 27 heavy (non-hydrogen) atoms. The number of hydrogen-bond acceptors (Lipinski definition) is 5. The van der Waals surface area contributed by atoms with E-state index in [1.165, 1.54) is 12.1 Å². The fourth-order valence-electron chi connectivity index (χ4n) is 3.72. The van der Waals surface area contributed by atoms with Crippen molar-refractivity contribution in [3.05, 3.63) is 35.4 Å². The average molecular weight is 378 g/mol. The number of alkyl halides is 3. The molecular formula is C19H21F3N4O. The van der Waals surface area contributed by atoms with E-state index in [1.54, 1.807) is 0 Å². The van der Waals surface area contributed by atoms with Crippen LogP contribution in [0.5, 0.6) is 5.75 Å². The third kappa shape index (κ3) is 3.71. The van der Waals surface area contributed by atoms with Crippen LogP contribution in [0, 0.1) is 0 Å². The van der Waals surface area contributed by atoms with Gasteiger partial charge in [-0.05, 0) is 38.6 Å². The van der Waals surface area contributed by atoms with E-state index in [4.69, 9.17) is 4.74 Å². The molecule has 0 saturated carbocycles. The molecule has 144 valence electrons. The minimum atomic E-state index is -4.35. The third-order valence-corrected chi connectivity index (χ3v) is 5.07. The summed E-state index contributed by atoms with van der Waals surface area (Å²) < 4.78 is 44.1. The number of benzene rings is 1. The highest BCUT2D eigenvalue weighted by atomic mass is 19.4. The molecule has 1 N–H and O–H groups in total. The summed E-state index contributed by atoms with van der Waals surface area (Å²) in [6.07, 6.45) is -1.51. The van der Waals surface area contributed by atoms with Crippen LogP contribution in [0.15, 0.2) is 24.3 Å². The van der Waals surface area contributed by atoms with Crippen LogP contribution in [-0.4, -0.2) is 47.9 Å². The van der Waals surface area contributed by atoms with Gasteiger partial charge in [-0.15, -0.1) is 10.2 Å². The van der Waals surface area contributed by atoms with Crippen molar-refractivity contribution >= 4 is 5.82 Å². The highest BCUT2D eigenvalue weighted by Crippen LogP contribution is 2.39. The summed E-state index contributed by atoms with van der Waals surface area (Å²) in [6.45, 7) is 2.54. The maximum Gasteiger partial charge on any atom is 0.416 e. The third-order valence-electron chi connectivity index (χ3n) is 5.07. The standard InChI is InChI=1S/C19H21F3N4O/c1-26-9-2-3-14(11-26)23-18-17-15(8-10-27-17)16(24-25-18)12-4-6-13(7-5-12)19(20,21)22/h4-7,14H,2-3,8-11H2,1H3,(H,23,25)/t14-/m1/s1. The zero-order valence-corrected chi connectivity index (χ0v) is 15.0. The fraction of sp³-hybridized carbons (Fsp3) is 0.474. The minimum absolute atomic E-state index is 0.281. The predicted molar refractivity (Wildman–Crippen MR) is 95.8 cm³/mol. The number of rotatable bonds is 3. The van der Waals surface area contributed by atoms with Gasteiger partial charge in [0, 0.05) is 30.1 Å². The zero-order valence-electron chi connectivity index (χ0n) is 15.0. The first-order valence-corrected chi connectivity index (χ1v) is 9.07. The number of hydrogen-bond donors (Lipinski definition) is 1. The van der Waals surface area contributed by atoms with Crippen molar-refractivity contribution in [1.29, 1.82) is 0 Å². The second kappa shape index (κ2) is 6.99. The van der Waals surface area contributed by atoms with Crippen LogP contribution >= 0.6 is 0 Å². The second-order valence-electron chi connectivity index (χ2n) is 7.12. The van der Waals surface area contributed by atoms with Crippen LogP contribution in [0.3, 0.4) is 0 Å². The van der Waals surface area contributed by atoms with Crippen LogP contribution < -0.4 is 10.1 Å². The lowest BCUT2D eigenvalue weighted by atomic mass is 10.0. The molecule has 1 saturated heterocycles. The molecule has 0 amide bonds. The normalized spacial score (nSPS) is 20.2. The molecule has 0 bridgehead atoms. The van der Waals surface area contributed by atoms with Crippen molar-refractivity contribution in [3.8, 4) is 17.0 Å². The first-order chi connectivity index (χ1) is 12.9. The van der Waals surface area contributed by atoms with Gasteiger partial charge in [0.2, 0.25) is 0 Å². The average Bonchev–Trinajstić information content (AvgIpc) is 3.12. The molecule has 0 aliphatic carbocycles.